The number of rotatable bonds is 4. The Labute approximate surface area is 172 Å². The molecule has 3 N–H and O–H groups in total. The molecule has 8 nitrogen and oxygen atoms in total. The number of hydrogen-bond donors (Lipinski definition) is 2. The van der Waals surface area contributed by atoms with E-state index in [4.69, 9.17) is 10.5 Å². The first kappa shape index (κ1) is 19.2. The number of carbonyl (C=O) groups excluding carboxylic acids is 2. The number of pyridine rings is 1. The summed E-state index contributed by atoms with van der Waals surface area (Å²) in [7, 11) is 0. The van der Waals surface area contributed by atoms with E-state index in [1.807, 2.05) is 6.92 Å². The molecule has 150 valence electrons. The Morgan fingerprint density at radius 1 is 1.45 bits per heavy atom. The molecule has 2 aromatic heterocycles. The topological polar surface area (TPSA) is 121 Å². The molecule has 0 radical (unpaired) electrons. The molecule has 3 heterocycles. The van der Waals surface area contributed by atoms with Gasteiger partial charge in [-0.3, -0.25) is 14.5 Å². The molecule has 1 aliphatic carbocycles. The molecular formula is C20H21N5O3S. The van der Waals surface area contributed by atoms with Gasteiger partial charge in [-0.1, -0.05) is 6.92 Å². The van der Waals surface area contributed by atoms with Gasteiger partial charge in [0, 0.05) is 4.88 Å². The molecule has 2 amide bonds. The Kier molecular flexibility index (Phi) is 5.11. The van der Waals surface area contributed by atoms with Crippen LogP contribution in [-0.2, 0) is 22.4 Å². The summed E-state index contributed by atoms with van der Waals surface area (Å²) in [5, 5.41) is 12.9. The number of fused-ring (bicyclic) bond motifs is 2. The van der Waals surface area contributed by atoms with Crippen molar-refractivity contribution >= 4 is 39.8 Å². The Morgan fingerprint density at radius 2 is 2.24 bits per heavy atom. The van der Waals surface area contributed by atoms with Crippen molar-refractivity contribution in [1.82, 2.24) is 4.98 Å². The first-order valence-corrected chi connectivity index (χ1v) is 10.4. The highest BCUT2D eigenvalue weighted by Crippen LogP contribution is 2.38. The normalized spacial score (nSPS) is 17.7. The van der Waals surface area contributed by atoms with Crippen molar-refractivity contribution in [1.29, 1.82) is 5.26 Å². The fourth-order valence-electron chi connectivity index (χ4n) is 3.71. The molecule has 2 aromatic rings. The van der Waals surface area contributed by atoms with E-state index in [9.17, 15) is 14.9 Å². The average molecular weight is 411 g/mol. The largest absolute Gasteiger partial charge is 0.477 e. The average Bonchev–Trinajstić information content (AvgIpc) is 3.06. The van der Waals surface area contributed by atoms with Crippen LogP contribution in [0.25, 0.3) is 0 Å². The molecular weight excluding hydrogens is 390 g/mol. The van der Waals surface area contributed by atoms with E-state index < -0.39 is 6.10 Å². The van der Waals surface area contributed by atoms with Gasteiger partial charge in [-0.25, -0.2) is 4.98 Å². The van der Waals surface area contributed by atoms with Gasteiger partial charge in [0.25, 0.3) is 5.91 Å². The number of nitrogens with zero attached hydrogens (tertiary/aromatic N) is 3. The van der Waals surface area contributed by atoms with Crippen LogP contribution >= 0.6 is 11.3 Å². The lowest BCUT2D eigenvalue weighted by Gasteiger charge is -2.32. The van der Waals surface area contributed by atoms with Gasteiger partial charge >= 0.3 is 0 Å². The van der Waals surface area contributed by atoms with Gasteiger partial charge in [0.05, 0.1) is 5.56 Å². The van der Waals surface area contributed by atoms with Gasteiger partial charge in [-0.2, -0.15) is 5.26 Å². The number of nitriles is 1. The number of aromatic nitrogens is 1. The Balaban J connectivity index is 1.59. The molecule has 0 bridgehead atoms. The van der Waals surface area contributed by atoms with Crippen LogP contribution in [-0.4, -0.2) is 29.4 Å². The van der Waals surface area contributed by atoms with Crippen LogP contribution < -0.4 is 20.7 Å². The van der Waals surface area contributed by atoms with Crippen molar-refractivity contribution < 1.29 is 14.3 Å². The third-order valence-electron chi connectivity index (χ3n) is 5.14. The zero-order valence-electron chi connectivity index (χ0n) is 16.0. The van der Waals surface area contributed by atoms with Gasteiger partial charge in [-0.15, -0.1) is 11.3 Å². The van der Waals surface area contributed by atoms with Crippen LogP contribution in [0.15, 0.2) is 12.1 Å². The maximum absolute atomic E-state index is 12.8. The number of nitrogens with one attached hydrogen (secondary N) is 1. The number of aryl methyl sites for hydroxylation is 1. The lowest BCUT2D eigenvalue weighted by Crippen LogP contribution is -2.49. The molecule has 29 heavy (non-hydrogen) atoms. The third-order valence-corrected chi connectivity index (χ3v) is 6.34. The van der Waals surface area contributed by atoms with Crippen LogP contribution in [0, 0.1) is 11.3 Å². The maximum atomic E-state index is 12.8. The summed E-state index contributed by atoms with van der Waals surface area (Å²) in [4.78, 5) is 32.2. The maximum Gasteiger partial charge on any atom is 0.269 e. The summed E-state index contributed by atoms with van der Waals surface area (Å²) < 4.78 is 5.69. The summed E-state index contributed by atoms with van der Waals surface area (Å²) in [6.07, 6.45) is 3.73. The molecule has 0 saturated carbocycles. The first-order chi connectivity index (χ1) is 14.0. The molecule has 0 spiro atoms. The highest BCUT2D eigenvalue weighted by molar-refractivity contribution is 7.16. The number of anilines is 3. The van der Waals surface area contributed by atoms with Crippen LogP contribution in [0.5, 0.6) is 5.75 Å². The fraction of sp³-hybridized carbons (Fsp3) is 0.400. The Hall–Kier alpha value is -3.12. The number of amides is 2. The summed E-state index contributed by atoms with van der Waals surface area (Å²) in [5.74, 6) is 0.168. The summed E-state index contributed by atoms with van der Waals surface area (Å²) >= 11 is 1.45. The van der Waals surface area contributed by atoms with E-state index in [-0.39, 0.29) is 30.0 Å². The molecule has 1 atom stereocenters. The molecule has 1 aliphatic heterocycles. The second kappa shape index (κ2) is 7.72. The Bertz CT molecular complexity index is 1030. The van der Waals surface area contributed by atoms with Crippen molar-refractivity contribution in [2.75, 3.05) is 22.5 Å². The van der Waals surface area contributed by atoms with Gasteiger partial charge in [0.1, 0.15) is 23.4 Å². The SMILES string of the molecule is CCC1Oc2ccc(N)nc2N(CC(=O)Nc2sc3c(c2C#N)CCCC3)C1=O. The van der Waals surface area contributed by atoms with Crippen LogP contribution in [0.4, 0.5) is 16.6 Å². The van der Waals surface area contributed by atoms with E-state index >= 15 is 0 Å². The molecule has 2 aliphatic rings. The number of nitrogens with two attached hydrogens (primary N) is 1. The molecule has 4 rings (SSSR count). The van der Waals surface area contributed by atoms with E-state index in [0.29, 0.717) is 22.7 Å². The fourth-order valence-corrected chi connectivity index (χ4v) is 4.97. The highest BCUT2D eigenvalue weighted by atomic mass is 32.1. The van der Waals surface area contributed by atoms with Crippen LogP contribution in [0.1, 0.15) is 42.2 Å². The number of carbonyl (C=O) groups is 2. The molecule has 0 fully saturated rings. The predicted octanol–water partition coefficient (Wildman–Crippen LogP) is 2.62. The third kappa shape index (κ3) is 3.51. The second-order valence-electron chi connectivity index (χ2n) is 7.07. The van der Waals surface area contributed by atoms with Gasteiger partial charge in [0.15, 0.2) is 17.7 Å². The van der Waals surface area contributed by atoms with Crippen molar-refractivity contribution in [2.45, 2.75) is 45.1 Å². The van der Waals surface area contributed by atoms with Crippen molar-refractivity contribution in [3.05, 3.63) is 28.1 Å². The lowest BCUT2D eigenvalue weighted by molar-refractivity contribution is -0.128. The quantitative estimate of drug-likeness (QED) is 0.798. The zero-order chi connectivity index (χ0) is 20.5. The molecule has 0 aromatic carbocycles. The number of thiophene rings is 1. The van der Waals surface area contributed by atoms with Gasteiger partial charge in [0.2, 0.25) is 5.91 Å². The molecule has 0 saturated heterocycles. The number of nitrogen functional groups attached to an aromatic ring is 1. The minimum absolute atomic E-state index is 0.227. The van der Waals surface area contributed by atoms with Crippen LogP contribution in [0.3, 0.4) is 0 Å². The molecule has 9 heteroatoms. The minimum Gasteiger partial charge on any atom is -0.477 e. The standard InChI is InChI=1S/C20H21N5O3S/c1-2-13-20(27)25(18-14(28-13)7-8-16(22)23-18)10-17(26)24-19-12(9-21)11-5-3-4-6-15(11)29-19/h7-8,13H,2-6,10H2,1H3,(H2,22,23)(H,24,26). The lowest BCUT2D eigenvalue weighted by atomic mass is 9.96. The summed E-state index contributed by atoms with van der Waals surface area (Å²) in [5.41, 5.74) is 7.36. The van der Waals surface area contributed by atoms with Crippen molar-refractivity contribution in [3.8, 4) is 11.8 Å². The first-order valence-electron chi connectivity index (χ1n) is 9.60. The predicted molar refractivity (Wildman–Crippen MR) is 110 cm³/mol. The van der Waals surface area contributed by atoms with E-state index in [1.54, 1.807) is 12.1 Å². The minimum atomic E-state index is -0.676. The summed E-state index contributed by atoms with van der Waals surface area (Å²) in [6, 6.07) is 5.47. The van der Waals surface area contributed by atoms with Gasteiger partial charge in [-0.05, 0) is 49.8 Å². The highest BCUT2D eigenvalue weighted by Gasteiger charge is 2.36. The van der Waals surface area contributed by atoms with E-state index in [2.05, 4.69) is 16.4 Å². The number of ether oxygens (including phenoxy) is 1. The second-order valence-corrected chi connectivity index (χ2v) is 8.18. The smallest absolute Gasteiger partial charge is 0.269 e. The summed E-state index contributed by atoms with van der Waals surface area (Å²) in [6.45, 7) is 1.61. The van der Waals surface area contributed by atoms with E-state index in [1.165, 1.54) is 16.2 Å². The number of hydrogen-bond acceptors (Lipinski definition) is 7. The zero-order valence-corrected chi connectivity index (χ0v) is 16.8. The van der Waals surface area contributed by atoms with Crippen LogP contribution in [0.2, 0.25) is 0 Å². The Morgan fingerprint density at radius 3 is 3.00 bits per heavy atom. The van der Waals surface area contributed by atoms with Gasteiger partial charge < -0.3 is 15.8 Å². The monoisotopic (exact) mass is 411 g/mol. The molecule has 1 unspecified atom stereocenters. The van der Waals surface area contributed by atoms with Crippen molar-refractivity contribution in [2.24, 2.45) is 0 Å². The van der Waals surface area contributed by atoms with Crippen molar-refractivity contribution in [3.63, 3.8) is 0 Å². The van der Waals surface area contributed by atoms with E-state index in [0.717, 1.165) is 36.1 Å².